The number of nitrogens with two attached hydrogens (primary N) is 1. The van der Waals surface area contributed by atoms with Crippen LogP contribution in [0.4, 0.5) is 0 Å². The molecular weight excluding hydrogens is 274 g/mol. The van der Waals surface area contributed by atoms with Gasteiger partial charge in [0.1, 0.15) is 0 Å². The van der Waals surface area contributed by atoms with Gasteiger partial charge in [0.2, 0.25) is 5.01 Å². The van der Waals surface area contributed by atoms with E-state index in [1.165, 1.54) is 30.6 Å². The molecular formula is C14H23N3O2S. The van der Waals surface area contributed by atoms with Crippen molar-refractivity contribution in [2.75, 3.05) is 20.2 Å². The highest BCUT2D eigenvalue weighted by molar-refractivity contribution is 7.11. The molecule has 0 aromatic carbocycles. The number of esters is 1. The van der Waals surface area contributed by atoms with E-state index in [1.807, 2.05) is 5.38 Å². The van der Waals surface area contributed by atoms with E-state index >= 15 is 0 Å². The largest absolute Gasteiger partial charge is 0.461 e. The van der Waals surface area contributed by atoms with Crippen molar-refractivity contribution in [1.82, 2.24) is 9.88 Å². The highest BCUT2D eigenvalue weighted by Gasteiger charge is 2.29. The van der Waals surface area contributed by atoms with Gasteiger partial charge in [-0.3, -0.25) is 4.90 Å². The minimum absolute atomic E-state index is 0.327. The second kappa shape index (κ2) is 7.15. The Labute approximate surface area is 124 Å². The Morgan fingerprint density at radius 1 is 1.60 bits per heavy atom. The van der Waals surface area contributed by atoms with Crippen molar-refractivity contribution in [2.45, 2.75) is 38.8 Å². The summed E-state index contributed by atoms with van der Waals surface area (Å²) in [6, 6.07) is 0.535. The van der Waals surface area contributed by atoms with Gasteiger partial charge in [-0.1, -0.05) is 6.42 Å². The van der Waals surface area contributed by atoms with E-state index in [0.29, 0.717) is 23.6 Å². The lowest BCUT2D eigenvalue weighted by Crippen LogP contribution is -2.37. The minimum atomic E-state index is -0.327. The van der Waals surface area contributed by atoms with Crippen LogP contribution in [0.2, 0.25) is 0 Å². The Morgan fingerprint density at radius 2 is 2.40 bits per heavy atom. The molecule has 1 heterocycles. The summed E-state index contributed by atoms with van der Waals surface area (Å²) in [6.07, 6.45) is 3.67. The Kier molecular flexibility index (Phi) is 5.51. The van der Waals surface area contributed by atoms with Gasteiger partial charge in [0, 0.05) is 18.0 Å². The third-order valence-corrected chi connectivity index (χ3v) is 4.77. The van der Waals surface area contributed by atoms with Crippen LogP contribution in [-0.2, 0) is 11.3 Å². The smallest absolute Gasteiger partial charge is 0.367 e. The standard InChI is InChI=1S/C14H23N3O2S/c1-3-19-14(18)13-16-11(9-20-13)8-17(2)12-6-4-5-10(12)7-15/h9-10,12H,3-8,15H2,1-2H3. The molecule has 0 spiro atoms. The van der Waals surface area contributed by atoms with Crippen LogP contribution in [0.1, 0.15) is 41.7 Å². The highest BCUT2D eigenvalue weighted by atomic mass is 32.1. The lowest BCUT2D eigenvalue weighted by Gasteiger charge is -2.28. The fourth-order valence-corrected chi connectivity index (χ4v) is 3.61. The van der Waals surface area contributed by atoms with Crippen molar-refractivity contribution < 1.29 is 9.53 Å². The van der Waals surface area contributed by atoms with Crippen molar-refractivity contribution in [1.29, 1.82) is 0 Å². The molecule has 1 fully saturated rings. The fourth-order valence-electron chi connectivity index (χ4n) is 2.91. The molecule has 1 aromatic rings. The zero-order valence-electron chi connectivity index (χ0n) is 12.2. The van der Waals surface area contributed by atoms with Gasteiger partial charge < -0.3 is 10.5 Å². The van der Waals surface area contributed by atoms with Crippen molar-refractivity contribution in [3.05, 3.63) is 16.1 Å². The van der Waals surface area contributed by atoms with Crippen molar-refractivity contribution >= 4 is 17.3 Å². The summed E-state index contributed by atoms with van der Waals surface area (Å²) in [5.41, 5.74) is 6.76. The first kappa shape index (κ1) is 15.4. The molecule has 0 aliphatic heterocycles. The van der Waals surface area contributed by atoms with Gasteiger partial charge >= 0.3 is 5.97 Å². The molecule has 1 aliphatic rings. The first-order chi connectivity index (χ1) is 9.65. The number of ether oxygens (including phenoxy) is 1. The molecule has 0 radical (unpaired) electrons. The van der Waals surface area contributed by atoms with Gasteiger partial charge in [-0.05, 0) is 39.3 Å². The third-order valence-electron chi connectivity index (χ3n) is 3.90. The van der Waals surface area contributed by atoms with E-state index in [0.717, 1.165) is 18.8 Å². The lowest BCUT2D eigenvalue weighted by atomic mass is 10.0. The van der Waals surface area contributed by atoms with Crippen LogP contribution in [0.5, 0.6) is 0 Å². The normalized spacial score (nSPS) is 22.4. The molecule has 0 bridgehead atoms. The Hall–Kier alpha value is -0.980. The summed E-state index contributed by atoms with van der Waals surface area (Å²) in [7, 11) is 2.11. The van der Waals surface area contributed by atoms with Crippen molar-refractivity contribution in [3.63, 3.8) is 0 Å². The Morgan fingerprint density at radius 3 is 3.10 bits per heavy atom. The van der Waals surface area contributed by atoms with Crippen LogP contribution in [0, 0.1) is 5.92 Å². The van der Waals surface area contributed by atoms with E-state index in [4.69, 9.17) is 10.5 Å². The fraction of sp³-hybridized carbons (Fsp3) is 0.714. The van der Waals surface area contributed by atoms with E-state index < -0.39 is 0 Å². The summed E-state index contributed by atoms with van der Waals surface area (Å²) in [5, 5.41) is 2.38. The van der Waals surface area contributed by atoms with E-state index in [9.17, 15) is 4.79 Å². The van der Waals surface area contributed by atoms with Gasteiger partial charge in [-0.25, -0.2) is 9.78 Å². The molecule has 2 unspecified atom stereocenters. The summed E-state index contributed by atoms with van der Waals surface area (Å²) in [6.45, 7) is 3.69. The van der Waals surface area contributed by atoms with E-state index in [1.54, 1.807) is 6.92 Å². The molecule has 0 saturated heterocycles. The first-order valence-electron chi connectivity index (χ1n) is 7.17. The van der Waals surface area contributed by atoms with Gasteiger partial charge in [0.25, 0.3) is 0 Å². The van der Waals surface area contributed by atoms with Gasteiger partial charge in [-0.15, -0.1) is 11.3 Å². The molecule has 1 saturated carbocycles. The summed E-state index contributed by atoms with van der Waals surface area (Å²) in [4.78, 5) is 18.3. The van der Waals surface area contributed by atoms with Crippen LogP contribution in [0.3, 0.4) is 0 Å². The van der Waals surface area contributed by atoms with Crippen LogP contribution >= 0.6 is 11.3 Å². The zero-order chi connectivity index (χ0) is 14.5. The molecule has 1 aromatic heterocycles. The second-order valence-electron chi connectivity index (χ2n) is 5.27. The molecule has 2 atom stereocenters. The molecule has 112 valence electrons. The monoisotopic (exact) mass is 297 g/mol. The molecule has 6 heteroatoms. The molecule has 20 heavy (non-hydrogen) atoms. The first-order valence-corrected chi connectivity index (χ1v) is 8.05. The zero-order valence-corrected chi connectivity index (χ0v) is 13.0. The number of hydrogen-bond donors (Lipinski definition) is 1. The SMILES string of the molecule is CCOC(=O)c1nc(CN(C)C2CCCC2CN)cs1. The van der Waals surface area contributed by atoms with Crippen LogP contribution in [-0.4, -0.2) is 42.1 Å². The Bertz CT molecular complexity index is 449. The summed E-state index contributed by atoms with van der Waals surface area (Å²) < 4.78 is 4.96. The van der Waals surface area contributed by atoms with E-state index in [-0.39, 0.29) is 5.97 Å². The number of hydrogen-bond acceptors (Lipinski definition) is 6. The third kappa shape index (κ3) is 3.56. The predicted molar refractivity (Wildman–Crippen MR) is 79.7 cm³/mol. The predicted octanol–water partition coefficient (Wildman–Crippen LogP) is 1.88. The van der Waals surface area contributed by atoms with Crippen molar-refractivity contribution in [2.24, 2.45) is 11.7 Å². The van der Waals surface area contributed by atoms with Crippen LogP contribution in [0.25, 0.3) is 0 Å². The number of aromatic nitrogens is 1. The quantitative estimate of drug-likeness (QED) is 0.812. The molecule has 2 rings (SSSR count). The average Bonchev–Trinajstić information content (AvgIpc) is 3.07. The molecule has 0 amide bonds. The molecule has 1 aliphatic carbocycles. The van der Waals surface area contributed by atoms with E-state index in [2.05, 4.69) is 16.9 Å². The second-order valence-corrected chi connectivity index (χ2v) is 6.13. The number of thiazole rings is 1. The van der Waals surface area contributed by atoms with Crippen molar-refractivity contribution in [3.8, 4) is 0 Å². The highest BCUT2D eigenvalue weighted by Crippen LogP contribution is 2.29. The maximum Gasteiger partial charge on any atom is 0.367 e. The number of nitrogens with zero attached hydrogens (tertiary/aromatic N) is 2. The lowest BCUT2D eigenvalue weighted by molar-refractivity contribution is 0.0525. The topological polar surface area (TPSA) is 68.5 Å². The number of carbonyl (C=O) groups excluding carboxylic acids is 1. The van der Waals surface area contributed by atoms with Crippen LogP contribution < -0.4 is 5.73 Å². The molecule has 2 N–H and O–H groups in total. The maximum atomic E-state index is 11.6. The average molecular weight is 297 g/mol. The minimum Gasteiger partial charge on any atom is -0.461 e. The molecule has 5 nitrogen and oxygen atoms in total. The van der Waals surface area contributed by atoms with Crippen LogP contribution in [0.15, 0.2) is 5.38 Å². The van der Waals surface area contributed by atoms with Gasteiger partial charge in [0.05, 0.1) is 12.3 Å². The number of carbonyl (C=O) groups is 1. The summed E-state index contributed by atoms with van der Waals surface area (Å²) in [5.74, 6) is 0.260. The van der Waals surface area contributed by atoms with Gasteiger partial charge in [-0.2, -0.15) is 0 Å². The summed E-state index contributed by atoms with van der Waals surface area (Å²) >= 11 is 1.35. The Balaban J connectivity index is 1.94. The maximum absolute atomic E-state index is 11.6. The van der Waals surface area contributed by atoms with Gasteiger partial charge in [0.15, 0.2) is 0 Å². The number of rotatable bonds is 6.